The van der Waals surface area contributed by atoms with Crippen LogP contribution < -0.4 is 5.32 Å². The van der Waals surface area contributed by atoms with E-state index in [4.69, 9.17) is 4.74 Å². The minimum atomic E-state index is -0.451. The zero-order chi connectivity index (χ0) is 13.1. The maximum absolute atomic E-state index is 9.21. The second-order valence-electron chi connectivity index (χ2n) is 5.81. The van der Waals surface area contributed by atoms with Crippen LogP contribution in [0.3, 0.4) is 0 Å². The molecule has 1 aliphatic heterocycles. The molecule has 1 heterocycles. The predicted octanol–water partition coefficient (Wildman–Crippen LogP) is 1.38. The van der Waals surface area contributed by atoms with Gasteiger partial charge in [-0.1, -0.05) is 0 Å². The molecule has 4 nitrogen and oxygen atoms in total. The van der Waals surface area contributed by atoms with Crippen LogP contribution in [-0.4, -0.2) is 48.8 Å². The van der Waals surface area contributed by atoms with Crippen LogP contribution in [0.5, 0.6) is 0 Å². The first-order chi connectivity index (χ1) is 7.84. The number of morpholine rings is 1. The second kappa shape index (κ2) is 5.34. The Morgan fingerprint density at radius 1 is 1.59 bits per heavy atom. The summed E-state index contributed by atoms with van der Waals surface area (Å²) in [5, 5.41) is 12.3. The number of nitrogens with one attached hydrogen (secondary N) is 1. The Hall–Kier alpha value is -0.630. The van der Waals surface area contributed by atoms with Crippen molar-refractivity contribution in [3.63, 3.8) is 0 Å². The Labute approximate surface area is 105 Å². The van der Waals surface area contributed by atoms with Crippen LogP contribution in [0.15, 0.2) is 0 Å². The van der Waals surface area contributed by atoms with E-state index in [9.17, 15) is 5.26 Å². The maximum Gasteiger partial charge on any atom is 0.105 e. The van der Waals surface area contributed by atoms with Crippen LogP contribution in [0.4, 0.5) is 0 Å². The molecule has 4 heteroatoms. The van der Waals surface area contributed by atoms with Crippen molar-refractivity contribution < 1.29 is 4.74 Å². The molecule has 1 aliphatic rings. The molecule has 0 bridgehead atoms. The Kier molecular flexibility index (Phi) is 4.54. The zero-order valence-electron chi connectivity index (χ0n) is 11.7. The summed E-state index contributed by atoms with van der Waals surface area (Å²) in [5.74, 6) is 0. The van der Waals surface area contributed by atoms with Crippen molar-refractivity contribution in [3.8, 4) is 6.07 Å². The van der Waals surface area contributed by atoms with E-state index in [1.54, 1.807) is 0 Å². The Bertz CT molecular complexity index is 298. The second-order valence-corrected chi connectivity index (χ2v) is 5.81. The zero-order valence-corrected chi connectivity index (χ0v) is 11.7. The van der Waals surface area contributed by atoms with Gasteiger partial charge in [-0.2, -0.15) is 5.26 Å². The molecule has 1 saturated heterocycles. The third-order valence-corrected chi connectivity index (χ3v) is 3.74. The normalized spacial score (nSPS) is 25.9. The van der Waals surface area contributed by atoms with Gasteiger partial charge in [0.2, 0.25) is 0 Å². The summed E-state index contributed by atoms with van der Waals surface area (Å²) in [5.41, 5.74) is -0.393. The smallest absolute Gasteiger partial charge is 0.105 e. The highest BCUT2D eigenvalue weighted by molar-refractivity contribution is 5.05. The molecule has 2 atom stereocenters. The fraction of sp³-hybridized carbons (Fsp3) is 0.923. The molecule has 0 spiro atoms. The molecular weight excluding hydrogens is 214 g/mol. The van der Waals surface area contributed by atoms with Gasteiger partial charge < -0.3 is 10.1 Å². The van der Waals surface area contributed by atoms with Gasteiger partial charge in [0, 0.05) is 18.1 Å². The highest BCUT2D eigenvalue weighted by Gasteiger charge is 2.36. The number of hydrogen-bond acceptors (Lipinski definition) is 4. The third-order valence-electron chi connectivity index (χ3n) is 3.74. The molecule has 17 heavy (non-hydrogen) atoms. The molecule has 0 aromatic rings. The first kappa shape index (κ1) is 14.4. The van der Waals surface area contributed by atoms with E-state index in [-0.39, 0.29) is 5.54 Å². The van der Waals surface area contributed by atoms with Gasteiger partial charge in [0.1, 0.15) is 5.54 Å². The third kappa shape index (κ3) is 3.41. The average Bonchev–Trinajstić information content (AvgIpc) is 2.28. The predicted molar refractivity (Wildman–Crippen MR) is 68.8 cm³/mol. The average molecular weight is 239 g/mol. The highest BCUT2D eigenvalue weighted by Crippen LogP contribution is 2.25. The van der Waals surface area contributed by atoms with Crippen LogP contribution >= 0.6 is 0 Å². The van der Waals surface area contributed by atoms with Crippen LogP contribution in [0.2, 0.25) is 0 Å². The minimum absolute atomic E-state index is 0.0573. The van der Waals surface area contributed by atoms with E-state index >= 15 is 0 Å². The van der Waals surface area contributed by atoms with Crippen molar-refractivity contribution in [1.29, 1.82) is 5.26 Å². The monoisotopic (exact) mass is 239 g/mol. The van der Waals surface area contributed by atoms with E-state index in [1.165, 1.54) is 0 Å². The van der Waals surface area contributed by atoms with Crippen LogP contribution in [-0.2, 0) is 4.74 Å². The van der Waals surface area contributed by atoms with Gasteiger partial charge in [0.05, 0.1) is 19.3 Å². The van der Waals surface area contributed by atoms with Gasteiger partial charge in [-0.05, 0) is 41.2 Å². The summed E-state index contributed by atoms with van der Waals surface area (Å²) < 4.78 is 5.53. The van der Waals surface area contributed by atoms with Crippen molar-refractivity contribution in [3.05, 3.63) is 0 Å². The van der Waals surface area contributed by atoms with Gasteiger partial charge >= 0.3 is 0 Å². The fourth-order valence-corrected chi connectivity index (χ4v) is 2.59. The lowest BCUT2D eigenvalue weighted by molar-refractivity contribution is -0.0722. The van der Waals surface area contributed by atoms with Gasteiger partial charge in [0.15, 0.2) is 0 Å². The van der Waals surface area contributed by atoms with Crippen molar-refractivity contribution in [2.75, 3.05) is 26.8 Å². The molecule has 1 fully saturated rings. The standard InChI is InChI=1S/C13H25N3O/c1-11(8-13(4,9-14)15-5)16-6-7-17-10-12(16,2)3/h11,15H,6-8,10H2,1-5H3. The van der Waals surface area contributed by atoms with Crippen molar-refractivity contribution in [1.82, 2.24) is 10.2 Å². The first-order valence-corrected chi connectivity index (χ1v) is 6.29. The van der Waals surface area contributed by atoms with E-state index in [1.807, 2.05) is 14.0 Å². The first-order valence-electron chi connectivity index (χ1n) is 6.29. The summed E-state index contributed by atoms with van der Waals surface area (Å²) in [6.45, 7) is 11.0. The number of nitrogens with zero attached hydrogens (tertiary/aromatic N) is 2. The Balaban J connectivity index is 2.69. The lowest BCUT2D eigenvalue weighted by Crippen LogP contribution is -2.58. The molecule has 0 aromatic carbocycles. The molecule has 0 radical (unpaired) electrons. The molecule has 0 amide bonds. The van der Waals surface area contributed by atoms with E-state index in [2.05, 4.69) is 37.1 Å². The topological polar surface area (TPSA) is 48.3 Å². The molecule has 0 aliphatic carbocycles. The maximum atomic E-state index is 9.21. The van der Waals surface area contributed by atoms with Crippen molar-refractivity contribution in [2.24, 2.45) is 0 Å². The van der Waals surface area contributed by atoms with Gasteiger partial charge in [-0.15, -0.1) is 0 Å². The number of nitriles is 1. The quantitative estimate of drug-likeness (QED) is 0.805. The van der Waals surface area contributed by atoms with E-state index < -0.39 is 5.54 Å². The molecule has 98 valence electrons. The fourth-order valence-electron chi connectivity index (χ4n) is 2.59. The molecule has 1 N–H and O–H groups in total. The van der Waals surface area contributed by atoms with Gasteiger partial charge in [-0.25, -0.2) is 0 Å². The number of ether oxygens (including phenoxy) is 1. The summed E-state index contributed by atoms with van der Waals surface area (Å²) in [4.78, 5) is 2.45. The van der Waals surface area contributed by atoms with E-state index in [0.717, 1.165) is 26.2 Å². The number of rotatable bonds is 4. The highest BCUT2D eigenvalue weighted by atomic mass is 16.5. The summed E-state index contributed by atoms with van der Waals surface area (Å²) in [7, 11) is 1.85. The molecular formula is C13H25N3O. The SMILES string of the molecule is CNC(C)(C#N)CC(C)N1CCOCC1(C)C. The number of hydrogen-bond donors (Lipinski definition) is 1. The van der Waals surface area contributed by atoms with Gasteiger partial charge in [-0.3, -0.25) is 4.90 Å². The van der Waals surface area contributed by atoms with Gasteiger partial charge in [0.25, 0.3) is 0 Å². The minimum Gasteiger partial charge on any atom is -0.378 e. The summed E-state index contributed by atoms with van der Waals surface area (Å²) in [6, 6.07) is 2.72. The van der Waals surface area contributed by atoms with Crippen LogP contribution in [0.25, 0.3) is 0 Å². The van der Waals surface area contributed by atoms with Crippen molar-refractivity contribution in [2.45, 2.75) is 51.2 Å². The van der Waals surface area contributed by atoms with Crippen LogP contribution in [0, 0.1) is 11.3 Å². The molecule has 2 unspecified atom stereocenters. The van der Waals surface area contributed by atoms with E-state index in [0.29, 0.717) is 6.04 Å². The van der Waals surface area contributed by atoms with Crippen molar-refractivity contribution >= 4 is 0 Å². The molecule has 1 rings (SSSR count). The largest absolute Gasteiger partial charge is 0.378 e. The Morgan fingerprint density at radius 3 is 2.71 bits per heavy atom. The molecule has 0 aromatic heterocycles. The lowest BCUT2D eigenvalue weighted by Gasteiger charge is -2.46. The summed E-state index contributed by atoms with van der Waals surface area (Å²) >= 11 is 0. The van der Waals surface area contributed by atoms with Crippen LogP contribution in [0.1, 0.15) is 34.1 Å². The summed E-state index contributed by atoms with van der Waals surface area (Å²) in [6.07, 6.45) is 0.823. The lowest BCUT2D eigenvalue weighted by atomic mass is 9.91. The molecule has 0 saturated carbocycles. The Morgan fingerprint density at radius 2 is 2.24 bits per heavy atom.